The van der Waals surface area contributed by atoms with E-state index in [0.717, 1.165) is 50.4 Å². The van der Waals surface area contributed by atoms with Crippen molar-refractivity contribution in [2.24, 2.45) is 0 Å². The Bertz CT molecular complexity index is 1500. The lowest BCUT2D eigenvalue weighted by Crippen LogP contribution is -2.24. The van der Waals surface area contributed by atoms with Crippen LogP contribution in [-0.2, 0) is 26.2 Å². The van der Waals surface area contributed by atoms with Gasteiger partial charge in [-0.1, -0.05) is 84.9 Å². The van der Waals surface area contributed by atoms with Gasteiger partial charge in [-0.05, 0) is 65.5 Å². The molecule has 53 heavy (non-hydrogen) atoms. The highest BCUT2D eigenvalue weighted by Gasteiger charge is 2.12. The fourth-order valence-corrected chi connectivity index (χ4v) is 5.17. The molecule has 0 heterocycles. The van der Waals surface area contributed by atoms with Crippen LogP contribution in [0.2, 0.25) is 0 Å². The maximum atomic E-state index is 9.33. The summed E-state index contributed by atoms with van der Waals surface area (Å²) in [4.78, 5) is 8.58. The van der Waals surface area contributed by atoms with E-state index in [1.165, 1.54) is 11.1 Å². The highest BCUT2D eigenvalue weighted by Crippen LogP contribution is 2.25. The first-order chi connectivity index (χ1) is 23.2. The van der Waals surface area contributed by atoms with Gasteiger partial charge in [0.05, 0.1) is 11.1 Å². The molecule has 4 aromatic carbocycles. The molecular formula is C40H56Cl4N6O3. The molecule has 0 fully saturated rings. The van der Waals surface area contributed by atoms with Gasteiger partial charge in [0, 0.05) is 50.4 Å². The minimum Gasteiger partial charge on any atom is -0.491 e. The van der Waals surface area contributed by atoms with Crippen molar-refractivity contribution in [1.82, 2.24) is 19.6 Å². The number of likely N-dealkylation sites (N-methyl/N-ethyl adjacent to an activating group) is 2. The van der Waals surface area contributed by atoms with Gasteiger partial charge in [-0.2, -0.15) is 10.5 Å². The maximum absolute atomic E-state index is 9.33. The summed E-state index contributed by atoms with van der Waals surface area (Å²) in [7, 11) is 12.2. The van der Waals surface area contributed by atoms with Crippen LogP contribution in [0.25, 0.3) is 0 Å². The summed E-state index contributed by atoms with van der Waals surface area (Å²) >= 11 is 0. The number of nitrogens with zero attached hydrogens (tertiary/aromatic N) is 6. The van der Waals surface area contributed by atoms with Crippen molar-refractivity contribution < 1.29 is 14.9 Å². The molecule has 0 spiro atoms. The molecule has 0 amide bonds. The molecule has 4 aromatic rings. The van der Waals surface area contributed by atoms with Crippen LogP contribution in [0.3, 0.4) is 0 Å². The van der Waals surface area contributed by atoms with Crippen molar-refractivity contribution in [3.05, 3.63) is 130 Å². The highest BCUT2D eigenvalue weighted by molar-refractivity contribution is 5.86. The van der Waals surface area contributed by atoms with Gasteiger partial charge in [0.1, 0.15) is 36.9 Å². The first-order valence-electron chi connectivity index (χ1n) is 16.2. The van der Waals surface area contributed by atoms with E-state index in [4.69, 9.17) is 9.47 Å². The number of hydrogen-bond donors (Lipinski definition) is 0. The molecule has 0 aliphatic carbocycles. The summed E-state index contributed by atoms with van der Waals surface area (Å²) in [5, 5.41) is 18.7. The lowest BCUT2D eigenvalue weighted by molar-refractivity contribution is 0.229. The zero-order valence-corrected chi connectivity index (χ0v) is 34.8. The van der Waals surface area contributed by atoms with Crippen molar-refractivity contribution in [3.63, 3.8) is 0 Å². The molecular weight excluding hydrogens is 754 g/mol. The smallest absolute Gasteiger partial charge is 0.141 e. The summed E-state index contributed by atoms with van der Waals surface area (Å²) in [6, 6.07) is 36.7. The molecule has 0 radical (unpaired) electrons. The first-order valence-corrected chi connectivity index (χ1v) is 16.2. The summed E-state index contributed by atoms with van der Waals surface area (Å²) < 4.78 is 12.0. The zero-order chi connectivity index (χ0) is 34.7. The third-order valence-corrected chi connectivity index (χ3v) is 7.44. The van der Waals surface area contributed by atoms with Gasteiger partial charge < -0.3 is 24.7 Å². The normalized spacial score (nSPS) is 9.81. The summed E-state index contributed by atoms with van der Waals surface area (Å²) in [6.45, 7) is 6.00. The van der Waals surface area contributed by atoms with Gasteiger partial charge in [0.25, 0.3) is 0 Å². The minimum atomic E-state index is 0. The Morgan fingerprint density at radius 2 is 0.811 bits per heavy atom. The predicted molar refractivity (Wildman–Crippen MR) is 226 cm³/mol. The van der Waals surface area contributed by atoms with Crippen molar-refractivity contribution in [2.45, 2.75) is 26.2 Å². The van der Waals surface area contributed by atoms with Crippen LogP contribution in [-0.4, -0.2) is 93.7 Å². The van der Waals surface area contributed by atoms with Crippen LogP contribution in [0.15, 0.2) is 97.1 Å². The minimum absolute atomic E-state index is 0. The number of nitriles is 2. The average Bonchev–Trinajstić information content (AvgIpc) is 3.06. The van der Waals surface area contributed by atoms with E-state index in [1.54, 1.807) is 0 Å². The van der Waals surface area contributed by atoms with Crippen LogP contribution in [0.4, 0.5) is 0 Å². The lowest BCUT2D eigenvalue weighted by Gasteiger charge is -2.19. The van der Waals surface area contributed by atoms with Crippen molar-refractivity contribution in [1.29, 1.82) is 10.5 Å². The average molecular weight is 811 g/mol. The molecule has 13 heteroatoms. The molecule has 0 aliphatic rings. The number of benzene rings is 4. The largest absolute Gasteiger partial charge is 0.491 e. The third-order valence-electron chi connectivity index (χ3n) is 7.44. The second-order valence-corrected chi connectivity index (χ2v) is 12.4. The van der Waals surface area contributed by atoms with Gasteiger partial charge in [0.15, 0.2) is 0 Å². The Morgan fingerprint density at radius 3 is 1.11 bits per heavy atom. The second-order valence-electron chi connectivity index (χ2n) is 12.4. The SMILES string of the molecule is CN(C)Cc1cccc(C#N)c1OCCN(C)Cc1ccccc1.CN(C)Cc1cccc(C#N)c1OCCN(C)Cc1ccccc1.Cl.Cl.Cl.Cl.O. The lowest BCUT2D eigenvalue weighted by atomic mass is 10.1. The van der Waals surface area contributed by atoms with E-state index in [2.05, 4.69) is 94.4 Å². The maximum Gasteiger partial charge on any atom is 0.141 e. The molecule has 0 unspecified atom stereocenters. The molecule has 0 bridgehead atoms. The molecule has 292 valence electrons. The standard InChI is InChI=1S/2C20H25N3O.4ClH.H2O/c2*1-22(2)16-19-11-7-10-18(14-21)20(19)24-13-12-23(3)15-17-8-5-4-6-9-17;;;;;/h2*4-11H,12-13,15-16H2,1-3H3;4*1H;1H2. The van der Waals surface area contributed by atoms with E-state index in [9.17, 15) is 10.5 Å². The fourth-order valence-electron chi connectivity index (χ4n) is 5.17. The van der Waals surface area contributed by atoms with Gasteiger partial charge in [-0.15, -0.1) is 49.6 Å². The molecule has 9 nitrogen and oxygen atoms in total. The van der Waals surface area contributed by atoms with Crippen molar-refractivity contribution in [3.8, 4) is 23.6 Å². The second kappa shape index (κ2) is 29.8. The molecule has 2 N–H and O–H groups in total. The zero-order valence-electron chi connectivity index (χ0n) is 31.5. The molecule has 0 aliphatic heterocycles. The quantitative estimate of drug-likeness (QED) is 0.118. The third kappa shape index (κ3) is 19.9. The van der Waals surface area contributed by atoms with Gasteiger partial charge in [-0.3, -0.25) is 9.80 Å². The van der Waals surface area contributed by atoms with E-state index < -0.39 is 0 Å². The Hall–Kier alpha value is -3.58. The van der Waals surface area contributed by atoms with Crippen molar-refractivity contribution >= 4 is 49.6 Å². The summed E-state index contributed by atoms with van der Waals surface area (Å²) in [5.41, 5.74) is 5.85. The van der Waals surface area contributed by atoms with Crippen LogP contribution in [0.1, 0.15) is 33.4 Å². The van der Waals surface area contributed by atoms with Crippen LogP contribution in [0.5, 0.6) is 11.5 Å². The fraction of sp³-hybridized carbons (Fsp3) is 0.350. The van der Waals surface area contributed by atoms with Gasteiger partial charge in [-0.25, -0.2) is 0 Å². The number of para-hydroxylation sites is 2. The van der Waals surface area contributed by atoms with E-state index in [-0.39, 0.29) is 55.1 Å². The molecule has 0 aromatic heterocycles. The Balaban J connectivity index is -0.000000862. The van der Waals surface area contributed by atoms with Crippen molar-refractivity contribution in [2.75, 3.05) is 68.6 Å². The first kappa shape index (κ1) is 53.8. The van der Waals surface area contributed by atoms with Gasteiger partial charge >= 0.3 is 0 Å². The van der Waals surface area contributed by atoms with E-state index in [1.807, 2.05) is 76.7 Å². The monoisotopic (exact) mass is 808 g/mol. The molecule has 0 atom stereocenters. The number of rotatable bonds is 16. The number of ether oxygens (including phenoxy) is 2. The topological polar surface area (TPSA) is 110 Å². The summed E-state index contributed by atoms with van der Waals surface area (Å²) in [5.74, 6) is 1.42. The Labute approximate surface area is 342 Å². The van der Waals surface area contributed by atoms with Crippen LogP contribution >= 0.6 is 49.6 Å². The highest BCUT2D eigenvalue weighted by atomic mass is 35.5. The number of halogens is 4. The van der Waals surface area contributed by atoms with Crippen LogP contribution in [0, 0.1) is 22.7 Å². The Kier molecular flexibility index (Phi) is 30.3. The van der Waals surface area contributed by atoms with E-state index >= 15 is 0 Å². The molecule has 0 saturated heterocycles. The van der Waals surface area contributed by atoms with Gasteiger partial charge in [0.2, 0.25) is 0 Å². The van der Waals surface area contributed by atoms with E-state index in [0.29, 0.717) is 35.8 Å². The van der Waals surface area contributed by atoms with Crippen LogP contribution < -0.4 is 9.47 Å². The molecule has 0 saturated carbocycles. The summed E-state index contributed by atoms with van der Waals surface area (Å²) in [6.07, 6.45) is 0. The molecule has 4 rings (SSSR count). The number of hydrogen-bond acceptors (Lipinski definition) is 8. The Morgan fingerprint density at radius 1 is 0.472 bits per heavy atom. The predicted octanol–water partition coefficient (Wildman–Crippen LogP) is 7.12.